The van der Waals surface area contributed by atoms with E-state index in [0.29, 0.717) is 43.0 Å². The quantitative estimate of drug-likeness (QED) is 0.0446. The summed E-state index contributed by atoms with van der Waals surface area (Å²) in [6.45, 7) is 1.21. The molecule has 4 aromatic rings. The Labute approximate surface area is 294 Å². The van der Waals surface area contributed by atoms with Crippen LogP contribution in [-0.2, 0) is 12.8 Å². The number of alkyl halides is 5. The van der Waals surface area contributed by atoms with Gasteiger partial charge >= 0.3 is 6.18 Å². The molecule has 0 fully saturated rings. The van der Waals surface area contributed by atoms with Gasteiger partial charge in [0.25, 0.3) is 18.9 Å². The van der Waals surface area contributed by atoms with E-state index in [9.17, 15) is 35.5 Å². The number of rotatable bonds is 13. The Balaban J connectivity index is 1.82. The van der Waals surface area contributed by atoms with Crippen molar-refractivity contribution in [1.82, 2.24) is 19.8 Å². The van der Waals surface area contributed by atoms with Crippen LogP contribution < -0.4 is 22.3 Å². The summed E-state index contributed by atoms with van der Waals surface area (Å²) in [4.78, 5) is 27.2. The molecule has 1 unspecified atom stereocenters. The van der Waals surface area contributed by atoms with Gasteiger partial charge in [0.2, 0.25) is 0 Å². The van der Waals surface area contributed by atoms with Crippen LogP contribution in [0, 0.1) is 17.0 Å². The number of aliphatic imine (C=N–C) groups is 1. The highest BCUT2D eigenvalue weighted by atomic mass is 19.4. The van der Waals surface area contributed by atoms with E-state index in [1.54, 1.807) is 19.2 Å². The number of halogens is 7. The van der Waals surface area contributed by atoms with Crippen molar-refractivity contribution >= 4 is 35.5 Å². The second-order valence-corrected chi connectivity index (χ2v) is 12.3. The molecule has 0 saturated carbocycles. The minimum absolute atomic E-state index is 0.0190. The van der Waals surface area contributed by atoms with Gasteiger partial charge in [-0.3, -0.25) is 14.4 Å². The maximum absolute atomic E-state index is 14.5. The van der Waals surface area contributed by atoms with Crippen molar-refractivity contribution in [2.45, 2.75) is 51.1 Å². The molecule has 0 saturated heterocycles. The van der Waals surface area contributed by atoms with Crippen LogP contribution in [0.15, 0.2) is 75.7 Å². The lowest BCUT2D eigenvalue weighted by molar-refractivity contribution is -0.0925. The highest BCUT2D eigenvalue weighted by molar-refractivity contribution is 6.76. The smallest absolute Gasteiger partial charge is 0.397 e. The summed E-state index contributed by atoms with van der Waals surface area (Å²) < 4.78 is 97.7. The number of nitrogens with zero attached hydrogens (tertiary/aromatic N) is 4. The predicted molar refractivity (Wildman–Crippen MR) is 186 cm³/mol. The lowest BCUT2D eigenvalue weighted by Gasteiger charge is -2.23. The number of pyridine rings is 1. The standard InChI is InChI=1S/C35H33BF7N8O/c1-4-18-7-10-26(29(45)28(18)30(46)36-47-3)51-32(23(19-5-6-19)13-17-11-20(37)14-21(38)12-17)50-31-22(33(51)52)8-9-24(49-31)25(48-16-34(2,39)40)15-27(44)35(41,42)43/h5,7-12,14-15,23,46-47H,4,6,13,16,44-45H2,1-3H3. The van der Waals surface area contributed by atoms with Gasteiger partial charge < -0.3 is 22.1 Å². The van der Waals surface area contributed by atoms with Crippen molar-refractivity contribution in [3.8, 4) is 5.69 Å². The van der Waals surface area contributed by atoms with E-state index in [1.807, 2.05) is 13.0 Å². The van der Waals surface area contributed by atoms with E-state index >= 15 is 0 Å². The second kappa shape index (κ2) is 14.7. The first-order valence-electron chi connectivity index (χ1n) is 16.0. The molecule has 1 aliphatic carbocycles. The van der Waals surface area contributed by atoms with Gasteiger partial charge in [0.15, 0.2) is 5.65 Å². The average molecular weight is 726 g/mol. The molecule has 2 aromatic heterocycles. The Kier molecular flexibility index (Phi) is 10.7. The van der Waals surface area contributed by atoms with Crippen LogP contribution in [-0.4, -0.2) is 59.0 Å². The Bertz CT molecular complexity index is 2190. The van der Waals surface area contributed by atoms with E-state index in [0.717, 1.165) is 23.8 Å². The summed E-state index contributed by atoms with van der Waals surface area (Å²) in [5.74, 6) is -5.81. The molecule has 0 spiro atoms. The molecule has 0 aliphatic heterocycles. The van der Waals surface area contributed by atoms with Crippen molar-refractivity contribution in [3.63, 3.8) is 0 Å². The lowest BCUT2D eigenvalue weighted by atomic mass is 9.78. The summed E-state index contributed by atoms with van der Waals surface area (Å²) in [6, 6.07) is 8.63. The average Bonchev–Trinajstić information content (AvgIpc) is 3.90. The van der Waals surface area contributed by atoms with Gasteiger partial charge in [-0.2, -0.15) is 13.2 Å². The third-order valence-electron chi connectivity index (χ3n) is 8.22. The Morgan fingerprint density at radius 1 is 1.12 bits per heavy atom. The van der Waals surface area contributed by atoms with Gasteiger partial charge in [0.1, 0.15) is 29.7 Å². The summed E-state index contributed by atoms with van der Waals surface area (Å²) in [5, 5.41) is 11.3. The Morgan fingerprint density at radius 2 is 1.79 bits per heavy atom. The first-order valence-corrected chi connectivity index (χ1v) is 16.0. The van der Waals surface area contributed by atoms with Gasteiger partial charge in [0.05, 0.1) is 28.2 Å². The number of nitrogens with two attached hydrogens (primary N) is 2. The molecule has 9 nitrogen and oxygen atoms in total. The van der Waals surface area contributed by atoms with Crippen molar-refractivity contribution in [2.24, 2.45) is 10.7 Å². The molecule has 0 bridgehead atoms. The van der Waals surface area contributed by atoms with Crippen molar-refractivity contribution < 1.29 is 30.7 Å². The summed E-state index contributed by atoms with van der Waals surface area (Å²) >= 11 is 0. The Morgan fingerprint density at radius 3 is 2.37 bits per heavy atom. The van der Waals surface area contributed by atoms with Gasteiger partial charge in [0, 0.05) is 30.1 Å². The largest absolute Gasteiger partial charge is 0.430 e. The molecular weight excluding hydrogens is 692 g/mol. The molecule has 5 rings (SSSR count). The number of allylic oxidation sites excluding steroid dienone is 4. The monoisotopic (exact) mass is 725 g/mol. The van der Waals surface area contributed by atoms with Crippen molar-refractivity contribution in [1.29, 1.82) is 5.41 Å². The van der Waals surface area contributed by atoms with Crippen LogP contribution in [0.1, 0.15) is 54.4 Å². The number of hydrogen-bond acceptors (Lipinski definition) is 8. The van der Waals surface area contributed by atoms with Gasteiger partial charge in [-0.15, -0.1) is 0 Å². The fourth-order valence-electron chi connectivity index (χ4n) is 5.72. The zero-order valence-corrected chi connectivity index (χ0v) is 28.2. The van der Waals surface area contributed by atoms with Crippen LogP contribution in [0.3, 0.4) is 0 Å². The minimum Gasteiger partial charge on any atom is -0.397 e. The Hall–Kier alpha value is -5.32. The number of benzene rings is 2. The zero-order valence-electron chi connectivity index (χ0n) is 28.2. The van der Waals surface area contributed by atoms with Gasteiger partial charge in [-0.25, -0.2) is 27.5 Å². The molecule has 52 heavy (non-hydrogen) atoms. The van der Waals surface area contributed by atoms with Crippen LogP contribution >= 0.6 is 0 Å². The number of aryl methyl sites for hydroxylation is 1. The topological polar surface area (TPSA) is 148 Å². The number of anilines is 1. The third kappa shape index (κ3) is 8.41. The molecule has 2 heterocycles. The molecule has 271 valence electrons. The first-order chi connectivity index (χ1) is 24.4. The van der Waals surface area contributed by atoms with Crippen LogP contribution in [0.4, 0.5) is 36.4 Å². The fourth-order valence-corrected chi connectivity index (χ4v) is 5.72. The highest BCUT2D eigenvalue weighted by Crippen LogP contribution is 2.39. The van der Waals surface area contributed by atoms with E-state index in [-0.39, 0.29) is 51.5 Å². The van der Waals surface area contributed by atoms with E-state index in [2.05, 4.69) is 15.2 Å². The van der Waals surface area contributed by atoms with Gasteiger partial charge in [-0.05, 0) is 73.8 Å². The van der Waals surface area contributed by atoms with E-state index < -0.39 is 53.2 Å². The summed E-state index contributed by atoms with van der Waals surface area (Å²) in [6.07, 6.45) is -1.88. The SMILES string of the molecule is CCc1ccc(-n2c(C(Cc3cc(F)cc(F)c3)C3=CC3)nc3nc(C(C=C(N)C(F)(F)F)=NCC(C)(F)F)ccc3c2=O)c(N)c1C(=N)[B]NC. The molecule has 1 aliphatic rings. The van der Waals surface area contributed by atoms with E-state index in [1.165, 1.54) is 18.0 Å². The van der Waals surface area contributed by atoms with Crippen molar-refractivity contribution in [2.75, 3.05) is 19.3 Å². The zero-order chi connectivity index (χ0) is 38.1. The molecule has 1 atom stereocenters. The van der Waals surface area contributed by atoms with Crippen LogP contribution in [0.25, 0.3) is 16.7 Å². The van der Waals surface area contributed by atoms with Crippen molar-refractivity contribution in [3.05, 3.63) is 116 Å². The van der Waals surface area contributed by atoms with Gasteiger partial charge in [-0.1, -0.05) is 24.6 Å². The highest BCUT2D eigenvalue weighted by Gasteiger charge is 2.33. The van der Waals surface area contributed by atoms with E-state index in [4.69, 9.17) is 21.9 Å². The summed E-state index contributed by atoms with van der Waals surface area (Å²) in [5.41, 5.74) is 10.6. The number of aromatic nitrogens is 3. The summed E-state index contributed by atoms with van der Waals surface area (Å²) in [7, 11) is 3.03. The molecule has 1 radical (unpaired) electrons. The molecular formula is C35H33BF7N8O. The minimum atomic E-state index is -5.01. The third-order valence-corrected chi connectivity index (χ3v) is 8.22. The first kappa shape index (κ1) is 37.9. The fraction of sp³-hybridized carbons (Fsp3) is 0.286. The number of fused-ring (bicyclic) bond motifs is 1. The van der Waals surface area contributed by atoms with Crippen LogP contribution in [0.5, 0.6) is 0 Å². The predicted octanol–water partition coefficient (Wildman–Crippen LogP) is 5.87. The second-order valence-electron chi connectivity index (χ2n) is 12.3. The lowest BCUT2D eigenvalue weighted by Crippen LogP contribution is -2.30. The maximum Gasteiger partial charge on any atom is 0.430 e. The molecule has 0 amide bonds. The number of hydrogen-bond donors (Lipinski definition) is 4. The number of nitrogens with one attached hydrogen (secondary N) is 2. The normalized spacial score (nSPS) is 14.4. The maximum atomic E-state index is 14.5. The molecule has 17 heteroatoms. The van der Waals surface area contributed by atoms with Crippen LogP contribution in [0.2, 0.25) is 0 Å². The number of nitrogen functional groups attached to an aromatic ring is 1. The molecule has 6 N–H and O–H groups in total. The molecule has 2 aromatic carbocycles.